The summed E-state index contributed by atoms with van der Waals surface area (Å²) in [5.74, 6) is 0.441. The van der Waals surface area contributed by atoms with Gasteiger partial charge in [0, 0.05) is 43.3 Å². The Balaban J connectivity index is 1.44. The summed E-state index contributed by atoms with van der Waals surface area (Å²) in [6.07, 6.45) is 5.65. The van der Waals surface area contributed by atoms with E-state index in [1.807, 2.05) is 4.90 Å². The van der Waals surface area contributed by atoms with Gasteiger partial charge in [0.05, 0.1) is 29.4 Å². The Bertz CT molecular complexity index is 1230. The van der Waals surface area contributed by atoms with E-state index in [1.165, 1.54) is 10.6 Å². The Morgan fingerprint density at radius 1 is 1.05 bits per heavy atom. The van der Waals surface area contributed by atoms with Crippen molar-refractivity contribution in [3.8, 4) is 0 Å². The van der Waals surface area contributed by atoms with Crippen molar-refractivity contribution < 1.29 is 12.8 Å². The second-order valence-corrected chi connectivity index (χ2v) is 13.5. The molecule has 2 N–H and O–H groups in total. The molecule has 10 nitrogen and oxygen atoms in total. The Morgan fingerprint density at radius 2 is 1.68 bits per heavy atom. The third-order valence-electron chi connectivity index (χ3n) is 7.48. The van der Waals surface area contributed by atoms with Crippen molar-refractivity contribution >= 4 is 44.9 Å². The topological polar surface area (TPSA) is 107 Å². The van der Waals surface area contributed by atoms with E-state index in [0.29, 0.717) is 42.7 Å². The lowest BCUT2D eigenvalue weighted by Crippen LogP contribution is -2.61. The summed E-state index contributed by atoms with van der Waals surface area (Å²) in [5.41, 5.74) is 0.458. The van der Waals surface area contributed by atoms with Crippen LogP contribution in [0.3, 0.4) is 0 Å². The quantitative estimate of drug-likeness (QED) is 0.554. The predicted molar refractivity (Wildman–Crippen MR) is 146 cm³/mol. The van der Waals surface area contributed by atoms with Gasteiger partial charge in [0.2, 0.25) is 16.0 Å². The number of hydrogen-bond donors (Lipinski definition) is 2. The fourth-order valence-electron chi connectivity index (χ4n) is 5.29. The van der Waals surface area contributed by atoms with E-state index in [1.54, 1.807) is 12.3 Å². The lowest BCUT2D eigenvalue weighted by Gasteiger charge is -2.53. The molecule has 0 amide bonds. The molecule has 0 aromatic carbocycles. The highest BCUT2D eigenvalue weighted by atomic mass is 35.5. The number of nitrogens with one attached hydrogen (secondary N) is 2. The first-order valence-corrected chi connectivity index (χ1v) is 14.5. The molecule has 204 valence electrons. The van der Waals surface area contributed by atoms with Gasteiger partial charge in [-0.2, -0.15) is 9.29 Å². The minimum absolute atomic E-state index is 0.0500. The van der Waals surface area contributed by atoms with Gasteiger partial charge in [-0.05, 0) is 53.7 Å². The first-order valence-electron chi connectivity index (χ1n) is 12.3. The van der Waals surface area contributed by atoms with Crippen LogP contribution in [0.15, 0.2) is 18.5 Å². The Hall–Kier alpha value is -2.28. The minimum atomic E-state index is -3.22. The zero-order valence-electron chi connectivity index (χ0n) is 22.2. The number of nitrogens with zero attached hydrogens (tertiary/aromatic N) is 6. The molecule has 0 unspecified atom stereocenters. The number of hydrogen-bond acceptors (Lipinski definition) is 9. The number of sulfonamides is 1. The molecule has 4 rings (SSSR count). The Morgan fingerprint density at radius 3 is 2.24 bits per heavy atom. The van der Waals surface area contributed by atoms with Crippen LogP contribution in [0.25, 0.3) is 0 Å². The lowest BCUT2D eigenvalue weighted by atomic mass is 9.77. The number of rotatable bonds is 6. The van der Waals surface area contributed by atoms with Gasteiger partial charge in [-0.1, -0.05) is 11.6 Å². The van der Waals surface area contributed by atoms with E-state index in [9.17, 15) is 12.8 Å². The lowest BCUT2D eigenvalue weighted by molar-refractivity contribution is -0.00778. The molecule has 2 aliphatic rings. The highest BCUT2D eigenvalue weighted by Gasteiger charge is 2.43. The van der Waals surface area contributed by atoms with Crippen LogP contribution in [0, 0.1) is 5.82 Å². The molecule has 0 bridgehead atoms. The molecular formula is C24H36ClFN8O2S. The van der Waals surface area contributed by atoms with Gasteiger partial charge in [0.15, 0.2) is 11.6 Å². The van der Waals surface area contributed by atoms with E-state index in [-0.39, 0.29) is 28.9 Å². The van der Waals surface area contributed by atoms with Crippen molar-refractivity contribution in [1.29, 1.82) is 0 Å². The van der Waals surface area contributed by atoms with Crippen molar-refractivity contribution in [2.45, 2.75) is 57.7 Å². The minimum Gasteiger partial charge on any atom is -0.365 e. The molecule has 2 saturated heterocycles. The van der Waals surface area contributed by atoms with Crippen molar-refractivity contribution in [3.05, 3.63) is 29.3 Å². The van der Waals surface area contributed by atoms with Gasteiger partial charge in [-0.3, -0.25) is 4.90 Å². The number of halogens is 2. The average Bonchev–Trinajstić information content (AvgIpc) is 2.79. The molecule has 0 saturated carbocycles. The summed E-state index contributed by atoms with van der Waals surface area (Å²) < 4.78 is 39.6. The van der Waals surface area contributed by atoms with Gasteiger partial charge in [0.1, 0.15) is 5.82 Å². The fraction of sp³-hybridized carbons (Fsp3) is 0.625. The van der Waals surface area contributed by atoms with Gasteiger partial charge in [-0.15, -0.1) is 0 Å². The molecule has 0 aliphatic carbocycles. The van der Waals surface area contributed by atoms with Crippen LogP contribution < -0.4 is 15.5 Å². The predicted octanol–water partition coefficient (Wildman–Crippen LogP) is 3.55. The largest absolute Gasteiger partial charge is 0.365 e. The van der Waals surface area contributed by atoms with Crippen molar-refractivity contribution in [2.24, 2.45) is 0 Å². The highest BCUT2D eigenvalue weighted by Crippen LogP contribution is 2.38. The molecule has 0 atom stereocenters. The maximum absolute atomic E-state index is 14.6. The maximum atomic E-state index is 14.6. The zero-order valence-corrected chi connectivity index (χ0v) is 23.8. The van der Waals surface area contributed by atoms with Crippen LogP contribution >= 0.6 is 11.6 Å². The third kappa shape index (κ3) is 6.24. The summed E-state index contributed by atoms with van der Waals surface area (Å²) in [4.78, 5) is 17.3. The van der Waals surface area contributed by atoms with Crippen LogP contribution in [0.1, 0.15) is 40.5 Å². The molecule has 2 aromatic rings. The normalized spacial score (nSPS) is 21.1. The number of piperazine rings is 1. The van der Waals surface area contributed by atoms with E-state index in [0.717, 1.165) is 19.0 Å². The number of aromatic nitrogens is 3. The first kappa shape index (κ1) is 27.7. The summed E-state index contributed by atoms with van der Waals surface area (Å²) in [6, 6.07) is 1.76. The molecule has 2 aromatic heterocycles. The Labute approximate surface area is 223 Å². The summed E-state index contributed by atoms with van der Waals surface area (Å²) in [6.45, 7) is 10.5. The number of piperidine rings is 1. The van der Waals surface area contributed by atoms with Gasteiger partial charge in [-0.25, -0.2) is 22.8 Å². The average molecular weight is 555 g/mol. The second-order valence-electron chi connectivity index (χ2n) is 11.1. The van der Waals surface area contributed by atoms with Gasteiger partial charge >= 0.3 is 0 Å². The zero-order chi connectivity index (χ0) is 27.2. The van der Waals surface area contributed by atoms with Crippen LogP contribution in [-0.2, 0) is 10.0 Å². The number of likely N-dealkylation sites (tertiary alicyclic amines) is 1. The van der Waals surface area contributed by atoms with Crippen molar-refractivity contribution in [3.63, 3.8) is 0 Å². The molecule has 2 aliphatic heterocycles. The molecule has 4 heterocycles. The van der Waals surface area contributed by atoms with Crippen molar-refractivity contribution in [2.75, 3.05) is 55.0 Å². The fourth-order valence-corrected chi connectivity index (χ4v) is 6.40. The molecular weight excluding hydrogens is 519 g/mol. The second kappa shape index (κ2) is 10.1. The van der Waals surface area contributed by atoms with Crippen LogP contribution in [0.2, 0.25) is 5.02 Å². The molecule has 0 radical (unpaired) electrons. The van der Waals surface area contributed by atoms with Gasteiger partial charge in [0.25, 0.3) is 0 Å². The monoisotopic (exact) mass is 554 g/mol. The SMILES string of the molecule is CN1C(C)(C)CC(Nc2nc(Nc3cnc(N4CCN(S(C)(=O)=O)CC4)c(Cl)c3)ncc2F)CC1(C)C. The third-order valence-corrected chi connectivity index (χ3v) is 9.06. The Kier molecular flexibility index (Phi) is 7.59. The summed E-state index contributed by atoms with van der Waals surface area (Å²) in [5, 5.41) is 6.76. The van der Waals surface area contributed by atoms with E-state index < -0.39 is 15.8 Å². The molecule has 13 heteroatoms. The number of pyridine rings is 1. The van der Waals surface area contributed by atoms with Crippen LogP contribution in [0.4, 0.5) is 27.7 Å². The molecule has 37 heavy (non-hydrogen) atoms. The van der Waals surface area contributed by atoms with Crippen molar-refractivity contribution in [1.82, 2.24) is 24.2 Å². The molecule has 0 spiro atoms. The smallest absolute Gasteiger partial charge is 0.229 e. The van der Waals surface area contributed by atoms with Gasteiger partial charge < -0.3 is 15.5 Å². The summed E-state index contributed by atoms with van der Waals surface area (Å²) >= 11 is 6.51. The van der Waals surface area contributed by atoms with E-state index in [4.69, 9.17) is 11.6 Å². The standard InChI is InChI=1S/C24H36ClFN8O2S/c1-23(2)12-17(13-24(3,4)32(23)5)29-20-19(26)15-28-22(31-20)30-16-11-18(25)21(27-14-16)33-7-9-34(10-8-33)37(6,35)36/h11,14-15,17H,7-10,12-13H2,1-6H3,(H2,28,29,30,31). The highest BCUT2D eigenvalue weighted by molar-refractivity contribution is 7.88. The van der Waals surface area contributed by atoms with E-state index in [2.05, 4.69) is 65.2 Å². The molecule has 2 fully saturated rings. The maximum Gasteiger partial charge on any atom is 0.229 e. The first-order chi connectivity index (χ1) is 17.2. The summed E-state index contributed by atoms with van der Waals surface area (Å²) in [7, 11) is -1.09. The van der Waals surface area contributed by atoms with Crippen LogP contribution in [-0.4, -0.2) is 89.2 Å². The number of anilines is 4. The van der Waals surface area contributed by atoms with Crippen LogP contribution in [0.5, 0.6) is 0 Å². The van der Waals surface area contributed by atoms with E-state index >= 15 is 0 Å².